The minimum absolute atomic E-state index is 0. The van der Waals surface area contributed by atoms with Crippen LogP contribution in [-0.2, 0) is 0 Å². The summed E-state index contributed by atoms with van der Waals surface area (Å²) < 4.78 is 0. The second kappa shape index (κ2) is 10.5. The molecular formula is C12H28Cl3N3. The van der Waals surface area contributed by atoms with Crippen molar-refractivity contribution < 1.29 is 51.9 Å². The fraction of sp³-hybridized carbons (Fsp3) is 1.00. The lowest BCUT2D eigenvalue weighted by atomic mass is 10.1. The molecule has 2 aliphatic heterocycles. The van der Waals surface area contributed by atoms with Crippen LogP contribution in [-0.4, -0.2) is 59.4 Å². The van der Waals surface area contributed by atoms with Crippen molar-refractivity contribution in [1.29, 1.82) is 0 Å². The number of halogens is 3. The Morgan fingerprint density at radius 3 is 2.44 bits per heavy atom. The summed E-state index contributed by atoms with van der Waals surface area (Å²) in [5, 5.41) is 0. The summed E-state index contributed by atoms with van der Waals surface area (Å²) in [5.41, 5.74) is 0. The predicted octanol–water partition coefficient (Wildman–Crippen LogP) is -12.5. The Balaban J connectivity index is 0. The van der Waals surface area contributed by atoms with Crippen LogP contribution >= 0.6 is 0 Å². The molecule has 0 saturated carbocycles. The Bertz CT molecular complexity index is 205. The van der Waals surface area contributed by atoms with E-state index in [0.29, 0.717) is 0 Å². The number of rotatable bonds is 4. The van der Waals surface area contributed by atoms with Crippen molar-refractivity contribution in [1.82, 2.24) is 0 Å². The van der Waals surface area contributed by atoms with Crippen LogP contribution in [0.3, 0.4) is 0 Å². The first-order chi connectivity index (χ1) is 7.25. The van der Waals surface area contributed by atoms with Gasteiger partial charge in [0.1, 0.15) is 25.7 Å². The van der Waals surface area contributed by atoms with Crippen molar-refractivity contribution in [2.24, 2.45) is 0 Å². The van der Waals surface area contributed by atoms with Crippen LogP contribution in [0.4, 0.5) is 0 Å². The third kappa shape index (κ3) is 6.27. The van der Waals surface area contributed by atoms with Crippen LogP contribution in [0, 0.1) is 0 Å². The Kier molecular flexibility index (Phi) is 12.3. The van der Waals surface area contributed by atoms with Gasteiger partial charge in [-0.15, -0.1) is 0 Å². The van der Waals surface area contributed by atoms with Gasteiger partial charge in [0.15, 0.2) is 0 Å². The number of nitrogens with one attached hydrogen (secondary N) is 3. The van der Waals surface area contributed by atoms with E-state index in [4.69, 9.17) is 0 Å². The molecule has 2 rings (SSSR count). The van der Waals surface area contributed by atoms with Gasteiger partial charge in [-0.25, -0.2) is 0 Å². The maximum atomic E-state index is 2.26. The van der Waals surface area contributed by atoms with Crippen molar-refractivity contribution in [3.05, 3.63) is 0 Å². The Morgan fingerprint density at radius 1 is 1.06 bits per heavy atom. The van der Waals surface area contributed by atoms with E-state index in [1.165, 1.54) is 58.5 Å². The average molecular weight is 321 g/mol. The maximum absolute atomic E-state index is 2.26. The highest BCUT2D eigenvalue weighted by Gasteiger charge is 2.36. The van der Waals surface area contributed by atoms with E-state index in [2.05, 4.69) is 14.1 Å². The number of fused-ring (bicyclic) bond motifs is 1. The molecule has 0 bridgehead atoms. The van der Waals surface area contributed by atoms with Gasteiger partial charge in [-0.1, -0.05) is 0 Å². The highest BCUT2D eigenvalue weighted by molar-refractivity contribution is 4.63. The molecule has 0 aliphatic carbocycles. The second-order valence-electron chi connectivity index (χ2n) is 5.76. The third-order valence-corrected chi connectivity index (χ3v) is 4.17. The van der Waals surface area contributed by atoms with E-state index in [-0.39, 0.29) is 37.2 Å². The summed E-state index contributed by atoms with van der Waals surface area (Å²) in [6.45, 7) is 8.53. The topological polar surface area (TPSA) is 13.3 Å². The summed E-state index contributed by atoms with van der Waals surface area (Å²) in [6.07, 6.45) is 4.38. The Labute approximate surface area is 130 Å². The molecule has 112 valence electrons. The molecule has 6 heteroatoms. The number of piperazine rings is 1. The minimum Gasteiger partial charge on any atom is -1.00 e. The second-order valence-corrected chi connectivity index (χ2v) is 5.76. The van der Waals surface area contributed by atoms with Gasteiger partial charge in [-0.05, 0) is 0 Å². The fourth-order valence-corrected chi connectivity index (χ4v) is 3.27. The van der Waals surface area contributed by atoms with Crippen LogP contribution in [0.1, 0.15) is 19.3 Å². The van der Waals surface area contributed by atoms with Crippen molar-refractivity contribution in [2.75, 3.05) is 53.4 Å². The summed E-state index contributed by atoms with van der Waals surface area (Å²) in [7, 11) is 4.52. The van der Waals surface area contributed by atoms with Crippen molar-refractivity contribution >= 4 is 0 Å². The quantitative estimate of drug-likeness (QED) is 0.455. The molecular weight excluding hydrogens is 293 g/mol. The lowest BCUT2D eigenvalue weighted by molar-refractivity contribution is -1.02. The summed E-state index contributed by atoms with van der Waals surface area (Å²) in [6, 6.07) is 1.01. The number of hydrogen-bond donors (Lipinski definition) is 3. The molecule has 3 N–H and O–H groups in total. The highest BCUT2D eigenvalue weighted by atomic mass is 35.5. The first-order valence-electron chi connectivity index (χ1n) is 6.73. The molecule has 2 fully saturated rings. The van der Waals surface area contributed by atoms with Gasteiger partial charge < -0.3 is 51.9 Å². The third-order valence-electron chi connectivity index (χ3n) is 4.17. The zero-order valence-electron chi connectivity index (χ0n) is 11.6. The Morgan fingerprint density at radius 2 is 1.78 bits per heavy atom. The summed E-state index contributed by atoms with van der Waals surface area (Å²) in [4.78, 5) is 5.39. The van der Waals surface area contributed by atoms with E-state index in [1.54, 1.807) is 4.90 Å². The monoisotopic (exact) mass is 319 g/mol. The molecule has 0 radical (unpaired) electrons. The zero-order chi connectivity index (χ0) is 10.7. The van der Waals surface area contributed by atoms with Gasteiger partial charge >= 0.3 is 0 Å². The van der Waals surface area contributed by atoms with E-state index in [1.807, 2.05) is 9.80 Å². The number of hydrogen-bond acceptors (Lipinski definition) is 0. The molecule has 2 saturated heterocycles. The summed E-state index contributed by atoms with van der Waals surface area (Å²) in [5.74, 6) is 0. The van der Waals surface area contributed by atoms with Gasteiger partial charge in [0.2, 0.25) is 0 Å². The summed E-state index contributed by atoms with van der Waals surface area (Å²) >= 11 is 0. The Hall–Kier alpha value is 0.750. The lowest BCUT2D eigenvalue weighted by Crippen LogP contribution is -3.29. The van der Waals surface area contributed by atoms with Crippen LogP contribution in [0.25, 0.3) is 0 Å². The molecule has 0 spiro atoms. The molecule has 0 aromatic rings. The smallest absolute Gasteiger partial charge is 0.137 e. The standard InChI is InChI=1S/C12H25N3.3ClH/c1-13(2)6-4-7-14-9-10-15-8-3-5-12(15)11-14;;;/h12H,3-11H2,1-2H3;3*1H. The van der Waals surface area contributed by atoms with E-state index in [0.717, 1.165) is 6.04 Å². The average Bonchev–Trinajstić information content (AvgIpc) is 2.64. The SMILES string of the molecule is C[NH+](C)CCC[NH+]1CC[NH+]2CCCC2C1.[Cl-].[Cl-].[Cl-]. The van der Waals surface area contributed by atoms with Gasteiger partial charge in [0.05, 0.1) is 33.7 Å². The van der Waals surface area contributed by atoms with E-state index < -0.39 is 0 Å². The van der Waals surface area contributed by atoms with Crippen molar-refractivity contribution in [2.45, 2.75) is 25.3 Å². The highest BCUT2D eigenvalue weighted by Crippen LogP contribution is 1.98. The van der Waals surface area contributed by atoms with Crippen LogP contribution in [0.2, 0.25) is 0 Å². The molecule has 3 nitrogen and oxygen atoms in total. The molecule has 0 aromatic heterocycles. The molecule has 0 amide bonds. The maximum Gasteiger partial charge on any atom is 0.137 e. The predicted molar refractivity (Wildman–Crippen MR) is 61.6 cm³/mol. The van der Waals surface area contributed by atoms with Crippen LogP contribution in [0.15, 0.2) is 0 Å². The largest absolute Gasteiger partial charge is 1.00 e. The molecule has 18 heavy (non-hydrogen) atoms. The zero-order valence-corrected chi connectivity index (χ0v) is 13.8. The van der Waals surface area contributed by atoms with Crippen LogP contribution < -0.4 is 51.9 Å². The first kappa shape index (κ1) is 21.1. The van der Waals surface area contributed by atoms with Crippen molar-refractivity contribution in [3.63, 3.8) is 0 Å². The van der Waals surface area contributed by atoms with Crippen LogP contribution in [0.5, 0.6) is 0 Å². The van der Waals surface area contributed by atoms with Gasteiger partial charge in [-0.3, -0.25) is 0 Å². The fourth-order valence-electron chi connectivity index (χ4n) is 3.27. The van der Waals surface area contributed by atoms with E-state index in [9.17, 15) is 0 Å². The van der Waals surface area contributed by atoms with E-state index >= 15 is 0 Å². The molecule has 3 unspecified atom stereocenters. The molecule has 2 heterocycles. The minimum atomic E-state index is 0. The van der Waals surface area contributed by atoms with Crippen molar-refractivity contribution in [3.8, 4) is 0 Å². The lowest BCUT2D eigenvalue weighted by Gasteiger charge is -2.32. The van der Waals surface area contributed by atoms with Gasteiger partial charge in [0, 0.05) is 19.3 Å². The van der Waals surface area contributed by atoms with Gasteiger partial charge in [-0.2, -0.15) is 0 Å². The number of quaternary nitrogens is 3. The van der Waals surface area contributed by atoms with Gasteiger partial charge in [0.25, 0.3) is 0 Å². The molecule has 3 atom stereocenters. The first-order valence-corrected chi connectivity index (χ1v) is 6.73. The molecule has 0 aromatic carbocycles. The normalized spacial score (nSPS) is 29.8. The molecule has 2 aliphatic rings.